The van der Waals surface area contributed by atoms with Gasteiger partial charge in [-0.15, -0.1) is 0 Å². The lowest BCUT2D eigenvalue weighted by molar-refractivity contribution is -0.173. The van der Waals surface area contributed by atoms with Crippen LogP contribution in [0.4, 0.5) is 0 Å². The molecule has 0 saturated heterocycles. The van der Waals surface area contributed by atoms with Gasteiger partial charge in [0, 0.05) is 37.5 Å². The molecule has 44 heavy (non-hydrogen) atoms. The van der Waals surface area contributed by atoms with Gasteiger partial charge in [0.05, 0.1) is 5.92 Å². The maximum Gasteiger partial charge on any atom is 0.330 e. The van der Waals surface area contributed by atoms with Crippen molar-refractivity contribution >= 4 is 22.7 Å². The molecule has 1 unspecified atom stereocenters. The molecule has 3 aliphatic carbocycles. The molecule has 0 fully saturated rings. The van der Waals surface area contributed by atoms with Crippen molar-refractivity contribution < 1.29 is 38.0 Å². The number of rotatable bonds is 12. The number of carbonyl (C=O) groups excluding carboxylic acids is 2. The average Bonchev–Trinajstić information content (AvgIpc) is 3.08. The maximum absolute atomic E-state index is 13.8. The van der Waals surface area contributed by atoms with Crippen LogP contribution in [0.15, 0.2) is 97.6 Å². The Kier molecular flexibility index (Phi) is 8.12. The van der Waals surface area contributed by atoms with Crippen LogP contribution >= 0.6 is 0 Å². The Morgan fingerprint density at radius 1 is 0.705 bits per heavy atom. The summed E-state index contributed by atoms with van der Waals surface area (Å²) in [4.78, 5) is 25.1. The summed E-state index contributed by atoms with van der Waals surface area (Å²) in [5.41, 5.74) is 2.06. The molecule has 0 N–H and O–H groups in total. The van der Waals surface area contributed by atoms with Crippen LogP contribution in [0.5, 0.6) is 11.5 Å². The van der Waals surface area contributed by atoms with E-state index in [0.717, 1.165) is 39.1 Å². The Bertz CT molecular complexity index is 1660. The number of methoxy groups -OCH3 is 2. The predicted octanol–water partition coefficient (Wildman–Crippen LogP) is 5.68. The van der Waals surface area contributed by atoms with E-state index in [1.807, 2.05) is 66.7 Å². The zero-order chi connectivity index (χ0) is 30.7. The molecule has 0 saturated carbocycles. The Labute approximate surface area is 256 Å². The highest BCUT2D eigenvalue weighted by Gasteiger charge is 2.64. The smallest absolute Gasteiger partial charge is 0.330 e. The number of fused-ring (bicyclic) bond motifs is 2. The summed E-state index contributed by atoms with van der Waals surface area (Å²) >= 11 is 0. The van der Waals surface area contributed by atoms with E-state index in [2.05, 4.69) is 18.7 Å². The molecule has 2 bridgehead atoms. The Morgan fingerprint density at radius 3 is 1.70 bits per heavy atom. The van der Waals surface area contributed by atoms with E-state index in [1.54, 1.807) is 20.3 Å². The van der Waals surface area contributed by atoms with Crippen LogP contribution in [-0.4, -0.2) is 52.6 Å². The van der Waals surface area contributed by atoms with E-state index >= 15 is 0 Å². The first kappa shape index (κ1) is 29.4. The summed E-state index contributed by atoms with van der Waals surface area (Å²) in [7, 11) is 3.33. The molecule has 0 spiro atoms. The highest BCUT2D eigenvalue weighted by molar-refractivity contribution is 5.93. The van der Waals surface area contributed by atoms with Crippen LogP contribution in [-0.2, 0) is 39.7 Å². The Balaban J connectivity index is 1.16. The molecule has 0 radical (unpaired) electrons. The monoisotopic (exact) mass is 594 g/mol. The summed E-state index contributed by atoms with van der Waals surface area (Å²) in [6.07, 6.45) is 1.51. The van der Waals surface area contributed by atoms with Crippen molar-refractivity contribution in [3.05, 3.63) is 120 Å². The topological polar surface area (TPSA) is 89.5 Å². The first-order valence-corrected chi connectivity index (χ1v) is 14.5. The van der Waals surface area contributed by atoms with Crippen molar-refractivity contribution in [3.8, 4) is 11.5 Å². The number of hydrogen-bond acceptors (Lipinski definition) is 8. The minimum atomic E-state index is -0.999. The van der Waals surface area contributed by atoms with Gasteiger partial charge in [0.2, 0.25) is 0 Å². The SMILES string of the molecule is C=CC(=O)OCCOc1ccc(OCCOC(=O)C2CC3(OC)c4ccccc4C2(OC)c2ccccc23)c2ccccc12. The minimum Gasteiger partial charge on any atom is -0.489 e. The highest BCUT2D eigenvalue weighted by atomic mass is 16.6. The fourth-order valence-corrected chi connectivity index (χ4v) is 6.79. The molecule has 7 rings (SSSR count). The zero-order valence-corrected chi connectivity index (χ0v) is 24.7. The third-order valence-corrected chi connectivity index (χ3v) is 8.64. The molecule has 4 aromatic rings. The van der Waals surface area contributed by atoms with Gasteiger partial charge >= 0.3 is 11.9 Å². The van der Waals surface area contributed by atoms with E-state index in [-0.39, 0.29) is 32.4 Å². The average molecular weight is 595 g/mol. The molecule has 226 valence electrons. The van der Waals surface area contributed by atoms with E-state index in [0.29, 0.717) is 17.9 Å². The summed E-state index contributed by atoms with van der Waals surface area (Å²) in [5, 5.41) is 1.69. The fourth-order valence-electron chi connectivity index (χ4n) is 6.79. The number of carbonyl (C=O) groups is 2. The lowest BCUT2D eigenvalue weighted by Gasteiger charge is -2.56. The normalized spacial score (nSPS) is 21.2. The van der Waals surface area contributed by atoms with Crippen molar-refractivity contribution in [3.63, 3.8) is 0 Å². The van der Waals surface area contributed by atoms with Gasteiger partial charge < -0.3 is 28.4 Å². The lowest BCUT2D eigenvalue weighted by atomic mass is 9.54. The van der Waals surface area contributed by atoms with Crippen LogP contribution in [0.1, 0.15) is 28.7 Å². The summed E-state index contributed by atoms with van der Waals surface area (Å²) in [6, 6.07) is 27.3. The minimum absolute atomic E-state index is 0.0552. The largest absolute Gasteiger partial charge is 0.489 e. The van der Waals surface area contributed by atoms with Crippen molar-refractivity contribution in [2.24, 2.45) is 5.92 Å². The maximum atomic E-state index is 13.8. The fraction of sp³-hybridized carbons (Fsp3) is 0.278. The third kappa shape index (κ3) is 4.71. The molecule has 3 aliphatic rings. The summed E-state index contributed by atoms with van der Waals surface area (Å²) < 4.78 is 35.3. The van der Waals surface area contributed by atoms with E-state index in [9.17, 15) is 9.59 Å². The van der Waals surface area contributed by atoms with Gasteiger partial charge in [-0.2, -0.15) is 0 Å². The van der Waals surface area contributed by atoms with Crippen LogP contribution in [0.25, 0.3) is 10.8 Å². The van der Waals surface area contributed by atoms with Gasteiger partial charge in [-0.25, -0.2) is 4.79 Å². The quantitative estimate of drug-likeness (QED) is 0.118. The van der Waals surface area contributed by atoms with E-state index in [4.69, 9.17) is 28.4 Å². The van der Waals surface area contributed by atoms with Gasteiger partial charge in [-0.1, -0.05) is 79.4 Å². The molecule has 0 heterocycles. The molecule has 4 aromatic carbocycles. The molecule has 0 aliphatic heterocycles. The molecule has 1 atom stereocenters. The number of benzene rings is 4. The van der Waals surface area contributed by atoms with Gasteiger partial charge in [-0.3, -0.25) is 4.79 Å². The van der Waals surface area contributed by atoms with Gasteiger partial charge in [0.1, 0.15) is 49.1 Å². The lowest BCUT2D eigenvalue weighted by Crippen LogP contribution is -2.58. The molecular weight excluding hydrogens is 560 g/mol. The molecule has 8 heteroatoms. The molecule has 0 aromatic heterocycles. The van der Waals surface area contributed by atoms with Crippen LogP contribution in [0.2, 0.25) is 0 Å². The predicted molar refractivity (Wildman–Crippen MR) is 164 cm³/mol. The zero-order valence-electron chi connectivity index (χ0n) is 24.7. The second-order valence-electron chi connectivity index (χ2n) is 10.7. The van der Waals surface area contributed by atoms with Crippen molar-refractivity contribution in [1.82, 2.24) is 0 Å². The first-order valence-electron chi connectivity index (χ1n) is 14.5. The Morgan fingerprint density at radius 2 is 1.20 bits per heavy atom. The summed E-state index contributed by atoms with van der Waals surface area (Å²) in [5.74, 6) is -0.219. The first-order chi connectivity index (χ1) is 21.5. The standard InChI is InChI=1S/C36H34O8/c1-4-33(37)43-21-19-41-31-17-18-32(25-12-6-5-11-24(25)31)42-20-22-44-34(38)30-23-35(39-2)26-13-7-9-15-28(26)36(30,40-3)29-16-10-8-14-27(29)35/h4-18,30H,1,19-23H2,2-3H3. The van der Waals surface area contributed by atoms with Crippen molar-refractivity contribution in [2.75, 3.05) is 40.6 Å². The van der Waals surface area contributed by atoms with Crippen molar-refractivity contribution in [1.29, 1.82) is 0 Å². The Hall–Kier alpha value is -4.66. The van der Waals surface area contributed by atoms with Gasteiger partial charge in [-0.05, 0) is 34.4 Å². The van der Waals surface area contributed by atoms with E-state index < -0.39 is 23.1 Å². The molecule has 0 amide bonds. The number of hydrogen-bond donors (Lipinski definition) is 0. The van der Waals surface area contributed by atoms with E-state index in [1.165, 1.54) is 0 Å². The molecular formula is C36H34O8. The summed E-state index contributed by atoms with van der Waals surface area (Å²) in [6.45, 7) is 3.90. The second kappa shape index (κ2) is 12.1. The molecule has 8 nitrogen and oxygen atoms in total. The number of ether oxygens (including phenoxy) is 6. The van der Waals surface area contributed by atoms with Crippen LogP contribution in [0.3, 0.4) is 0 Å². The van der Waals surface area contributed by atoms with Gasteiger partial charge in [0.15, 0.2) is 0 Å². The number of esters is 2. The van der Waals surface area contributed by atoms with Crippen molar-refractivity contribution in [2.45, 2.75) is 17.6 Å². The highest BCUT2D eigenvalue weighted by Crippen LogP contribution is 2.62. The second-order valence-corrected chi connectivity index (χ2v) is 10.7. The van der Waals surface area contributed by atoms with Crippen LogP contribution < -0.4 is 9.47 Å². The third-order valence-electron chi connectivity index (χ3n) is 8.64. The van der Waals surface area contributed by atoms with Gasteiger partial charge in [0.25, 0.3) is 0 Å². The van der Waals surface area contributed by atoms with Crippen LogP contribution in [0, 0.1) is 5.92 Å².